The van der Waals surface area contributed by atoms with Crippen LogP contribution in [-0.2, 0) is 10.0 Å². The molecule has 0 saturated heterocycles. The monoisotopic (exact) mass is 333 g/mol. The highest BCUT2D eigenvalue weighted by atomic mass is 32.2. The number of nitrogens with zero attached hydrogens (tertiary/aromatic N) is 4. The average molecular weight is 333 g/mol. The van der Waals surface area contributed by atoms with Crippen LogP contribution < -0.4 is 4.72 Å². The van der Waals surface area contributed by atoms with Gasteiger partial charge in [-0.05, 0) is 43.3 Å². The van der Waals surface area contributed by atoms with E-state index in [1.54, 1.807) is 19.1 Å². The van der Waals surface area contributed by atoms with Crippen molar-refractivity contribution in [3.8, 4) is 5.82 Å². The molecule has 0 spiro atoms. The molecule has 0 bridgehead atoms. The normalized spacial score (nSPS) is 11.4. The van der Waals surface area contributed by atoms with Crippen molar-refractivity contribution in [2.24, 2.45) is 0 Å². The maximum Gasteiger partial charge on any atom is 0.263 e. The SMILES string of the molecule is Cc1ccc(-n2nccc2NS(=O)(=O)c2ccc(F)cc2)nn1. The molecule has 0 aliphatic heterocycles. The van der Waals surface area contributed by atoms with E-state index < -0.39 is 15.8 Å². The Balaban J connectivity index is 1.93. The third kappa shape index (κ3) is 3.19. The smallest absolute Gasteiger partial charge is 0.263 e. The predicted molar refractivity (Wildman–Crippen MR) is 81.1 cm³/mol. The van der Waals surface area contributed by atoms with Gasteiger partial charge in [-0.1, -0.05) is 0 Å². The van der Waals surface area contributed by atoms with E-state index in [4.69, 9.17) is 0 Å². The minimum absolute atomic E-state index is 0.0540. The van der Waals surface area contributed by atoms with E-state index in [0.29, 0.717) is 5.82 Å². The van der Waals surface area contributed by atoms with Gasteiger partial charge in [0.25, 0.3) is 10.0 Å². The third-order valence-corrected chi connectivity index (χ3v) is 4.38. The summed E-state index contributed by atoms with van der Waals surface area (Å²) in [4.78, 5) is -0.0540. The van der Waals surface area contributed by atoms with Crippen LogP contribution in [0, 0.1) is 12.7 Å². The Bertz CT molecular complexity index is 921. The quantitative estimate of drug-likeness (QED) is 0.788. The van der Waals surface area contributed by atoms with Gasteiger partial charge < -0.3 is 0 Å². The fourth-order valence-electron chi connectivity index (χ4n) is 1.88. The van der Waals surface area contributed by atoms with Crippen LogP contribution >= 0.6 is 0 Å². The van der Waals surface area contributed by atoms with Crippen molar-refractivity contribution < 1.29 is 12.8 Å². The first-order chi connectivity index (χ1) is 11.0. The van der Waals surface area contributed by atoms with Gasteiger partial charge in [-0.3, -0.25) is 4.72 Å². The third-order valence-electron chi connectivity index (χ3n) is 3.01. The van der Waals surface area contributed by atoms with E-state index in [9.17, 15) is 12.8 Å². The second-order valence-corrected chi connectivity index (χ2v) is 6.40. The fourth-order valence-corrected chi connectivity index (χ4v) is 2.92. The lowest BCUT2D eigenvalue weighted by atomic mass is 10.4. The number of benzene rings is 1. The standard InChI is InChI=1S/C14H12FN5O2S/c1-10-2-7-13(18-17-10)20-14(8-9-16-20)19-23(21,22)12-5-3-11(15)4-6-12/h2-9,19H,1H3. The molecule has 0 fully saturated rings. The summed E-state index contributed by atoms with van der Waals surface area (Å²) in [5.41, 5.74) is 0.731. The van der Waals surface area contributed by atoms with Crippen molar-refractivity contribution in [3.05, 3.63) is 60.2 Å². The van der Waals surface area contributed by atoms with Crippen molar-refractivity contribution in [3.63, 3.8) is 0 Å². The molecule has 118 valence electrons. The molecular weight excluding hydrogens is 321 g/mol. The zero-order chi connectivity index (χ0) is 16.4. The zero-order valence-corrected chi connectivity index (χ0v) is 12.8. The molecule has 0 saturated carbocycles. The topological polar surface area (TPSA) is 89.8 Å². The van der Waals surface area contributed by atoms with Gasteiger partial charge >= 0.3 is 0 Å². The molecule has 0 radical (unpaired) electrons. The molecule has 0 amide bonds. The summed E-state index contributed by atoms with van der Waals surface area (Å²) in [5.74, 6) is 0.0637. The first-order valence-electron chi connectivity index (χ1n) is 6.59. The highest BCUT2D eigenvalue weighted by Crippen LogP contribution is 2.18. The van der Waals surface area contributed by atoms with Crippen LogP contribution in [0.3, 0.4) is 0 Å². The molecule has 2 aromatic heterocycles. The molecule has 2 heterocycles. The first kappa shape index (κ1) is 15.1. The van der Waals surface area contributed by atoms with E-state index in [1.165, 1.54) is 29.1 Å². The molecule has 0 aliphatic carbocycles. The second-order valence-electron chi connectivity index (χ2n) is 4.72. The Morgan fingerprint density at radius 1 is 1.04 bits per heavy atom. The van der Waals surface area contributed by atoms with Crippen LogP contribution in [0.15, 0.2) is 53.6 Å². The van der Waals surface area contributed by atoms with Gasteiger partial charge in [0, 0.05) is 6.07 Å². The van der Waals surface area contributed by atoms with Crippen LogP contribution in [0.2, 0.25) is 0 Å². The van der Waals surface area contributed by atoms with E-state index >= 15 is 0 Å². The Morgan fingerprint density at radius 2 is 1.78 bits per heavy atom. The van der Waals surface area contributed by atoms with Gasteiger partial charge in [-0.15, -0.1) is 5.10 Å². The van der Waals surface area contributed by atoms with Gasteiger partial charge in [0.1, 0.15) is 11.6 Å². The van der Waals surface area contributed by atoms with E-state index in [1.807, 2.05) is 0 Å². The van der Waals surface area contributed by atoms with Gasteiger partial charge in [-0.2, -0.15) is 14.9 Å². The minimum atomic E-state index is -3.86. The van der Waals surface area contributed by atoms with Gasteiger partial charge in [0.05, 0.1) is 16.8 Å². The number of aromatic nitrogens is 4. The van der Waals surface area contributed by atoms with Gasteiger partial charge in [0.2, 0.25) is 0 Å². The maximum absolute atomic E-state index is 12.9. The summed E-state index contributed by atoms with van der Waals surface area (Å²) in [6, 6.07) is 9.43. The second kappa shape index (κ2) is 5.76. The lowest BCUT2D eigenvalue weighted by Gasteiger charge is -2.09. The summed E-state index contributed by atoms with van der Waals surface area (Å²) in [6.07, 6.45) is 1.43. The van der Waals surface area contributed by atoms with Crippen molar-refractivity contribution in [1.82, 2.24) is 20.0 Å². The van der Waals surface area contributed by atoms with Crippen LogP contribution in [0.25, 0.3) is 5.82 Å². The molecule has 9 heteroatoms. The fraction of sp³-hybridized carbons (Fsp3) is 0.0714. The van der Waals surface area contributed by atoms with E-state index in [2.05, 4.69) is 20.0 Å². The number of hydrogen-bond acceptors (Lipinski definition) is 5. The number of sulfonamides is 1. The molecule has 1 N–H and O–H groups in total. The van der Waals surface area contributed by atoms with Crippen LogP contribution in [-0.4, -0.2) is 28.4 Å². The van der Waals surface area contributed by atoms with Crippen molar-refractivity contribution >= 4 is 15.8 Å². The molecular formula is C14H12FN5O2S. The average Bonchev–Trinajstić information content (AvgIpc) is 2.96. The summed E-state index contributed by atoms with van der Waals surface area (Å²) < 4.78 is 41.3. The molecule has 23 heavy (non-hydrogen) atoms. The van der Waals surface area contributed by atoms with Crippen molar-refractivity contribution in [2.75, 3.05) is 4.72 Å². The summed E-state index contributed by atoms with van der Waals surface area (Å²) >= 11 is 0. The van der Waals surface area contributed by atoms with Gasteiger partial charge in [-0.25, -0.2) is 12.8 Å². The summed E-state index contributed by atoms with van der Waals surface area (Å²) in [5, 5.41) is 11.9. The van der Waals surface area contributed by atoms with Gasteiger partial charge in [0.15, 0.2) is 5.82 Å². The van der Waals surface area contributed by atoms with E-state index in [0.717, 1.165) is 17.8 Å². The Labute approximate surface area is 131 Å². The summed E-state index contributed by atoms with van der Waals surface area (Å²) in [6.45, 7) is 1.79. The Morgan fingerprint density at radius 3 is 2.43 bits per heavy atom. The van der Waals surface area contributed by atoms with Crippen molar-refractivity contribution in [1.29, 1.82) is 0 Å². The number of nitrogens with one attached hydrogen (secondary N) is 1. The van der Waals surface area contributed by atoms with Crippen LogP contribution in [0.5, 0.6) is 0 Å². The Kier molecular flexibility index (Phi) is 3.78. The number of anilines is 1. The van der Waals surface area contributed by atoms with Crippen LogP contribution in [0.1, 0.15) is 5.69 Å². The zero-order valence-electron chi connectivity index (χ0n) is 12.0. The lowest BCUT2D eigenvalue weighted by Crippen LogP contribution is -2.16. The molecule has 0 atom stereocenters. The number of rotatable bonds is 4. The molecule has 3 aromatic rings. The van der Waals surface area contributed by atoms with Crippen LogP contribution in [0.4, 0.5) is 10.2 Å². The molecule has 0 unspecified atom stereocenters. The predicted octanol–water partition coefficient (Wildman–Crippen LogP) is 1.91. The molecule has 0 aliphatic rings. The van der Waals surface area contributed by atoms with E-state index in [-0.39, 0.29) is 10.7 Å². The number of halogens is 1. The first-order valence-corrected chi connectivity index (χ1v) is 8.07. The largest absolute Gasteiger partial charge is 0.263 e. The number of hydrogen-bond donors (Lipinski definition) is 1. The maximum atomic E-state index is 12.9. The highest BCUT2D eigenvalue weighted by molar-refractivity contribution is 7.92. The molecule has 7 nitrogen and oxygen atoms in total. The lowest BCUT2D eigenvalue weighted by molar-refractivity contribution is 0.599. The summed E-state index contributed by atoms with van der Waals surface area (Å²) in [7, 11) is -3.86. The highest BCUT2D eigenvalue weighted by Gasteiger charge is 2.17. The molecule has 1 aromatic carbocycles. The van der Waals surface area contributed by atoms with Crippen molar-refractivity contribution in [2.45, 2.75) is 11.8 Å². The minimum Gasteiger partial charge on any atom is -0.263 e. The Hall–Kier alpha value is -2.81. The molecule has 3 rings (SSSR count). The number of aryl methyl sites for hydroxylation is 1.